The zero-order chi connectivity index (χ0) is 16.4. The Hall–Kier alpha value is -3.34. The van der Waals surface area contributed by atoms with E-state index >= 15 is 0 Å². The van der Waals surface area contributed by atoms with E-state index in [2.05, 4.69) is 15.0 Å². The van der Waals surface area contributed by atoms with Crippen molar-refractivity contribution < 1.29 is 9.15 Å². The molecular formula is C19H15N3O2. The molecule has 4 rings (SSSR count). The molecule has 2 aromatic heterocycles. The highest BCUT2D eigenvalue weighted by atomic mass is 16.5. The van der Waals surface area contributed by atoms with Crippen LogP contribution in [0, 0.1) is 0 Å². The Labute approximate surface area is 138 Å². The zero-order valence-electron chi connectivity index (χ0n) is 13.1. The first-order valence-electron chi connectivity index (χ1n) is 7.54. The van der Waals surface area contributed by atoms with E-state index < -0.39 is 0 Å². The minimum Gasteiger partial charge on any atom is -0.496 e. The third kappa shape index (κ3) is 2.56. The van der Waals surface area contributed by atoms with Gasteiger partial charge in [0.2, 0.25) is 0 Å². The van der Waals surface area contributed by atoms with E-state index in [1.807, 2.05) is 54.7 Å². The minimum absolute atomic E-state index is 0.307. The van der Waals surface area contributed by atoms with Gasteiger partial charge in [-0.1, -0.05) is 30.3 Å². The summed E-state index contributed by atoms with van der Waals surface area (Å²) < 4.78 is 10.8. The molecule has 1 N–H and O–H groups in total. The minimum atomic E-state index is 0.307. The number of ether oxygens (including phenoxy) is 1. The molecule has 0 aliphatic heterocycles. The van der Waals surface area contributed by atoms with Crippen molar-refractivity contribution in [2.45, 2.75) is 0 Å². The summed E-state index contributed by atoms with van der Waals surface area (Å²) in [7, 11) is 1.63. The molecule has 0 aliphatic carbocycles. The fourth-order valence-electron chi connectivity index (χ4n) is 2.63. The molecule has 2 aromatic carbocycles. The molecule has 24 heavy (non-hydrogen) atoms. The molecule has 2 heterocycles. The van der Waals surface area contributed by atoms with Gasteiger partial charge >= 0.3 is 6.01 Å². The number of hydrogen-bond acceptors (Lipinski definition) is 4. The second kappa shape index (κ2) is 6.04. The molecule has 0 aliphatic rings. The van der Waals surface area contributed by atoms with Gasteiger partial charge in [-0.25, -0.2) is 4.99 Å². The Morgan fingerprint density at radius 2 is 1.96 bits per heavy atom. The summed E-state index contributed by atoms with van der Waals surface area (Å²) in [5.74, 6) is 0.754. The van der Waals surface area contributed by atoms with Gasteiger partial charge in [0.1, 0.15) is 17.7 Å². The topological polar surface area (TPSA) is 63.4 Å². The van der Waals surface area contributed by atoms with Crippen molar-refractivity contribution in [2.24, 2.45) is 4.99 Å². The molecule has 0 bridgehead atoms. The predicted octanol–water partition coefficient (Wildman–Crippen LogP) is 4.58. The van der Waals surface area contributed by atoms with Gasteiger partial charge in [-0.05, 0) is 18.2 Å². The first kappa shape index (κ1) is 14.3. The number of nitrogens with zero attached hydrogens (tertiary/aromatic N) is 2. The Balaban J connectivity index is 1.64. The second-order valence-electron chi connectivity index (χ2n) is 5.26. The number of benzene rings is 2. The largest absolute Gasteiger partial charge is 0.496 e. The van der Waals surface area contributed by atoms with Gasteiger partial charge in [-0.15, -0.1) is 0 Å². The summed E-state index contributed by atoms with van der Waals surface area (Å²) in [6, 6.07) is 16.0. The van der Waals surface area contributed by atoms with Crippen LogP contribution in [0.2, 0.25) is 0 Å². The molecule has 0 saturated heterocycles. The van der Waals surface area contributed by atoms with Gasteiger partial charge in [-0.3, -0.25) is 0 Å². The maximum atomic E-state index is 5.47. The number of aromatic amines is 1. The maximum Gasteiger partial charge on any atom is 0.322 e. The number of aliphatic imine (C=N–C) groups is 1. The average molecular weight is 317 g/mol. The van der Waals surface area contributed by atoms with Crippen LogP contribution in [-0.4, -0.2) is 23.3 Å². The SMILES string of the molecule is COc1ccccc1/C=N/c1nc(-c2c[nH]c3ccccc23)co1. The number of H-pyrrole nitrogens is 1. The quantitative estimate of drug-likeness (QED) is 0.560. The molecule has 4 aromatic rings. The summed E-state index contributed by atoms with van der Waals surface area (Å²) in [4.78, 5) is 12.0. The van der Waals surface area contributed by atoms with Gasteiger partial charge in [0, 0.05) is 34.4 Å². The number of aromatic nitrogens is 2. The van der Waals surface area contributed by atoms with Crippen LogP contribution in [0.5, 0.6) is 5.75 Å². The van der Waals surface area contributed by atoms with Crippen molar-refractivity contribution >= 4 is 23.1 Å². The lowest BCUT2D eigenvalue weighted by Crippen LogP contribution is -1.89. The lowest BCUT2D eigenvalue weighted by molar-refractivity contribution is 0.414. The highest BCUT2D eigenvalue weighted by molar-refractivity contribution is 5.94. The molecule has 0 fully saturated rings. The normalized spacial score (nSPS) is 11.4. The number of para-hydroxylation sites is 2. The molecule has 5 heteroatoms. The molecule has 118 valence electrons. The van der Waals surface area contributed by atoms with Crippen LogP contribution in [0.3, 0.4) is 0 Å². The van der Waals surface area contributed by atoms with Crippen molar-refractivity contribution in [3.63, 3.8) is 0 Å². The second-order valence-corrected chi connectivity index (χ2v) is 5.26. The molecule has 0 spiro atoms. The van der Waals surface area contributed by atoms with Crippen molar-refractivity contribution in [3.05, 3.63) is 66.6 Å². The lowest BCUT2D eigenvalue weighted by Gasteiger charge is -2.01. The third-order valence-corrected chi connectivity index (χ3v) is 3.81. The summed E-state index contributed by atoms with van der Waals surface area (Å²) >= 11 is 0. The van der Waals surface area contributed by atoms with Crippen LogP contribution < -0.4 is 4.74 Å². The van der Waals surface area contributed by atoms with Crippen LogP contribution >= 0.6 is 0 Å². The van der Waals surface area contributed by atoms with Crippen LogP contribution in [0.25, 0.3) is 22.2 Å². The van der Waals surface area contributed by atoms with E-state index in [-0.39, 0.29) is 0 Å². The van der Waals surface area contributed by atoms with Crippen molar-refractivity contribution in [1.82, 2.24) is 9.97 Å². The third-order valence-electron chi connectivity index (χ3n) is 3.81. The zero-order valence-corrected chi connectivity index (χ0v) is 13.1. The van der Waals surface area contributed by atoms with E-state index in [1.54, 1.807) is 19.6 Å². The smallest absolute Gasteiger partial charge is 0.322 e. The fraction of sp³-hybridized carbons (Fsp3) is 0.0526. The molecule has 0 radical (unpaired) electrons. The molecule has 5 nitrogen and oxygen atoms in total. The highest BCUT2D eigenvalue weighted by Gasteiger charge is 2.10. The van der Waals surface area contributed by atoms with Crippen molar-refractivity contribution in [3.8, 4) is 17.0 Å². The molecule has 0 unspecified atom stereocenters. The van der Waals surface area contributed by atoms with E-state index in [4.69, 9.17) is 9.15 Å². The number of fused-ring (bicyclic) bond motifs is 1. The Bertz CT molecular complexity index is 1010. The van der Waals surface area contributed by atoms with Gasteiger partial charge in [-0.2, -0.15) is 4.98 Å². The number of hydrogen-bond donors (Lipinski definition) is 1. The van der Waals surface area contributed by atoms with Crippen LogP contribution in [-0.2, 0) is 0 Å². The molecule has 0 atom stereocenters. The first-order chi connectivity index (χ1) is 11.8. The average Bonchev–Trinajstić information content (AvgIpc) is 3.26. The number of methoxy groups -OCH3 is 1. The van der Waals surface area contributed by atoms with Crippen molar-refractivity contribution in [2.75, 3.05) is 7.11 Å². The standard InChI is InChI=1S/C19H15N3O2/c1-23-18-9-5-2-6-13(18)10-21-19-22-17(12-24-19)15-11-20-16-8-4-3-7-14(15)16/h2-12,20H,1H3/b21-10+. The summed E-state index contributed by atoms with van der Waals surface area (Å²) in [6.07, 6.45) is 5.23. The molecule has 0 saturated carbocycles. The Morgan fingerprint density at radius 1 is 1.12 bits per heavy atom. The van der Waals surface area contributed by atoms with Crippen LogP contribution in [0.15, 0.2) is 70.4 Å². The summed E-state index contributed by atoms with van der Waals surface area (Å²) in [6.45, 7) is 0. The van der Waals surface area contributed by atoms with Crippen LogP contribution in [0.4, 0.5) is 6.01 Å². The van der Waals surface area contributed by atoms with Crippen molar-refractivity contribution in [1.29, 1.82) is 0 Å². The van der Waals surface area contributed by atoms with Gasteiger partial charge in [0.25, 0.3) is 0 Å². The van der Waals surface area contributed by atoms with Crippen LogP contribution in [0.1, 0.15) is 5.56 Å². The van der Waals surface area contributed by atoms with Gasteiger partial charge < -0.3 is 14.1 Å². The fourth-order valence-corrected chi connectivity index (χ4v) is 2.63. The predicted molar refractivity (Wildman–Crippen MR) is 94.0 cm³/mol. The van der Waals surface area contributed by atoms with E-state index in [0.29, 0.717) is 6.01 Å². The monoisotopic (exact) mass is 317 g/mol. The van der Waals surface area contributed by atoms with E-state index in [0.717, 1.165) is 33.5 Å². The molecule has 0 amide bonds. The number of nitrogens with one attached hydrogen (secondary N) is 1. The van der Waals surface area contributed by atoms with E-state index in [1.165, 1.54) is 0 Å². The highest BCUT2D eigenvalue weighted by Crippen LogP contribution is 2.29. The number of oxazole rings is 1. The van der Waals surface area contributed by atoms with Gasteiger partial charge in [0.15, 0.2) is 0 Å². The lowest BCUT2D eigenvalue weighted by atomic mass is 10.1. The van der Waals surface area contributed by atoms with Gasteiger partial charge in [0.05, 0.1) is 7.11 Å². The summed E-state index contributed by atoms with van der Waals surface area (Å²) in [5.41, 5.74) is 3.68. The first-order valence-corrected chi connectivity index (χ1v) is 7.54. The Kier molecular flexibility index (Phi) is 3.59. The van der Waals surface area contributed by atoms with E-state index in [9.17, 15) is 0 Å². The molecular weight excluding hydrogens is 302 g/mol. The number of rotatable bonds is 4. The maximum absolute atomic E-state index is 5.47. The Morgan fingerprint density at radius 3 is 2.88 bits per heavy atom. The summed E-state index contributed by atoms with van der Waals surface area (Å²) in [5, 5.41) is 1.10.